The first-order valence-electron chi connectivity index (χ1n) is 9.95. The second kappa shape index (κ2) is 8.05. The second-order valence-electron chi connectivity index (χ2n) is 7.76. The lowest BCUT2D eigenvalue weighted by atomic mass is 9.82. The van der Waals surface area contributed by atoms with Crippen LogP contribution in [0, 0.1) is 11.8 Å². The van der Waals surface area contributed by atoms with Crippen LogP contribution in [-0.2, 0) is 9.53 Å². The molecule has 2 N–H and O–H groups in total. The molecule has 1 amide bonds. The van der Waals surface area contributed by atoms with Gasteiger partial charge in [0.25, 0.3) is 0 Å². The Balaban J connectivity index is 1.30. The SMILES string of the molecule is O=C(NC[C@H]1CC[C@H](C(=O)O)CC1)OCC1c2ccccc2-c2ccccc21. The van der Waals surface area contributed by atoms with Crippen molar-refractivity contribution >= 4 is 12.1 Å². The summed E-state index contributed by atoms with van der Waals surface area (Å²) >= 11 is 0. The molecule has 0 saturated heterocycles. The maximum absolute atomic E-state index is 12.2. The molecular formula is C23H25NO4. The van der Waals surface area contributed by atoms with E-state index < -0.39 is 12.1 Å². The van der Waals surface area contributed by atoms with E-state index >= 15 is 0 Å². The number of ether oxygens (including phenoxy) is 1. The van der Waals surface area contributed by atoms with Crippen LogP contribution in [0.4, 0.5) is 4.79 Å². The van der Waals surface area contributed by atoms with Gasteiger partial charge in [0.15, 0.2) is 0 Å². The molecule has 2 aromatic rings. The lowest BCUT2D eigenvalue weighted by molar-refractivity contribution is -0.143. The molecule has 0 heterocycles. The summed E-state index contributed by atoms with van der Waals surface area (Å²) in [7, 11) is 0. The zero-order valence-electron chi connectivity index (χ0n) is 15.8. The van der Waals surface area contributed by atoms with Crippen LogP contribution in [0.5, 0.6) is 0 Å². The molecule has 5 nitrogen and oxygen atoms in total. The predicted molar refractivity (Wildman–Crippen MR) is 106 cm³/mol. The third kappa shape index (κ3) is 3.75. The Morgan fingerprint density at radius 2 is 1.50 bits per heavy atom. The van der Waals surface area contributed by atoms with Crippen LogP contribution < -0.4 is 5.32 Å². The fraction of sp³-hybridized carbons (Fsp3) is 0.391. The van der Waals surface area contributed by atoms with Crippen molar-refractivity contribution in [3.8, 4) is 11.1 Å². The van der Waals surface area contributed by atoms with Crippen LogP contribution in [0.15, 0.2) is 48.5 Å². The summed E-state index contributed by atoms with van der Waals surface area (Å²) in [5.41, 5.74) is 4.82. The van der Waals surface area contributed by atoms with Crippen LogP contribution in [0.2, 0.25) is 0 Å². The van der Waals surface area contributed by atoms with Gasteiger partial charge in [-0.1, -0.05) is 48.5 Å². The van der Waals surface area contributed by atoms with Gasteiger partial charge in [-0.25, -0.2) is 4.79 Å². The number of rotatable bonds is 5. The number of carbonyl (C=O) groups excluding carboxylic acids is 1. The Labute approximate surface area is 164 Å². The zero-order valence-corrected chi connectivity index (χ0v) is 15.8. The van der Waals surface area contributed by atoms with Gasteiger partial charge in [-0.05, 0) is 53.9 Å². The van der Waals surface area contributed by atoms with Crippen LogP contribution in [0.3, 0.4) is 0 Å². The first-order chi connectivity index (χ1) is 13.6. The van der Waals surface area contributed by atoms with Gasteiger partial charge < -0.3 is 15.2 Å². The number of carbonyl (C=O) groups is 2. The van der Waals surface area contributed by atoms with Crippen LogP contribution in [-0.4, -0.2) is 30.3 Å². The van der Waals surface area contributed by atoms with E-state index in [1.54, 1.807) is 0 Å². The number of hydrogen-bond donors (Lipinski definition) is 2. The van der Waals surface area contributed by atoms with E-state index in [9.17, 15) is 9.59 Å². The molecule has 146 valence electrons. The predicted octanol–water partition coefficient (Wildman–Crippen LogP) is 4.42. The maximum Gasteiger partial charge on any atom is 0.407 e. The molecule has 2 aromatic carbocycles. The quantitative estimate of drug-likeness (QED) is 0.806. The first kappa shape index (κ1) is 18.5. The normalized spacial score (nSPS) is 20.9. The molecule has 0 radical (unpaired) electrons. The molecule has 0 aromatic heterocycles. The molecule has 1 saturated carbocycles. The van der Waals surface area contributed by atoms with Gasteiger partial charge in [0.1, 0.15) is 6.61 Å². The number of amides is 1. The van der Waals surface area contributed by atoms with Crippen molar-refractivity contribution < 1.29 is 19.4 Å². The van der Waals surface area contributed by atoms with Gasteiger partial charge in [0.05, 0.1) is 5.92 Å². The summed E-state index contributed by atoms with van der Waals surface area (Å²) in [5.74, 6) is -0.547. The van der Waals surface area contributed by atoms with Crippen molar-refractivity contribution in [1.82, 2.24) is 5.32 Å². The number of nitrogens with one attached hydrogen (secondary N) is 1. The summed E-state index contributed by atoms with van der Waals surface area (Å²) in [5, 5.41) is 11.9. The van der Waals surface area contributed by atoms with Crippen molar-refractivity contribution in [3.63, 3.8) is 0 Å². The standard InChI is InChI=1S/C23H25NO4/c25-22(26)16-11-9-15(10-12-16)13-24-23(27)28-14-21-19-7-3-1-5-17(19)18-6-2-4-8-20(18)21/h1-8,15-16,21H,9-14H2,(H,24,27)(H,25,26)/t15-,16-. The second-order valence-corrected chi connectivity index (χ2v) is 7.76. The number of benzene rings is 2. The minimum Gasteiger partial charge on any atom is -0.481 e. The van der Waals surface area contributed by atoms with Crippen molar-refractivity contribution in [3.05, 3.63) is 59.7 Å². The van der Waals surface area contributed by atoms with E-state index in [0.29, 0.717) is 31.9 Å². The number of aliphatic carboxylic acids is 1. The molecule has 0 bridgehead atoms. The lowest BCUT2D eigenvalue weighted by Crippen LogP contribution is -2.33. The molecule has 0 spiro atoms. The van der Waals surface area contributed by atoms with Gasteiger partial charge in [-0.2, -0.15) is 0 Å². The van der Waals surface area contributed by atoms with Crippen molar-refractivity contribution in [1.29, 1.82) is 0 Å². The highest BCUT2D eigenvalue weighted by Crippen LogP contribution is 2.44. The molecule has 28 heavy (non-hydrogen) atoms. The van der Waals surface area contributed by atoms with E-state index in [1.165, 1.54) is 22.3 Å². The Morgan fingerprint density at radius 1 is 0.929 bits per heavy atom. The summed E-state index contributed by atoms with van der Waals surface area (Å²) in [6, 6.07) is 16.5. The minimum absolute atomic E-state index is 0.0594. The average Bonchev–Trinajstić information content (AvgIpc) is 3.05. The summed E-state index contributed by atoms with van der Waals surface area (Å²) < 4.78 is 5.55. The molecular weight excluding hydrogens is 354 g/mol. The Bertz CT molecular complexity index is 825. The summed E-state index contributed by atoms with van der Waals surface area (Å²) in [6.45, 7) is 0.856. The van der Waals surface area contributed by atoms with E-state index in [0.717, 1.165) is 12.8 Å². The lowest BCUT2D eigenvalue weighted by Gasteiger charge is -2.26. The molecule has 0 aliphatic heterocycles. The molecule has 0 unspecified atom stereocenters. The first-order valence-corrected chi connectivity index (χ1v) is 9.95. The zero-order chi connectivity index (χ0) is 19.5. The van der Waals surface area contributed by atoms with Crippen LogP contribution in [0.1, 0.15) is 42.7 Å². The highest BCUT2D eigenvalue weighted by Gasteiger charge is 2.29. The third-order valence-electron chi connectivity index (χ3n) is 6.07. The number of carboxylic acids is 1. The fourth-order valence-corrected chi connectivity index (χ4v) is 4.49. The molecule has 4 rings (SSSR count). The van der Waals surface area contributed by atoms with Crippen molar-refractivity contribution in [2.75, 3.05) is 13.2 Å². The van der Waals surface area contributed by atoms with Crippen molar-refractivity contribution in [2.24, 2.45) is 11.8 Å². The van der Waals surface area contributed by atoms with Crippen molar-refractivity contribution in [2.45, 2.75) is 31.6 Å². The summed E-state index contributed by atoms with van der Waals surface area (Å²) in [6.07, 6.45) is 2.64. The molecule has 0 atom stereocenters. The molecule has 5 heteroatoms. The highest BCUT2D eigenvalue weighted by molar-refractivity contribution is 5.79. The minimum atomic E-state index is -0.706. The van der Waals surface area contributed by atoms with Gasteiger partial charge in [0.2, 0.25) is 0 Å². The fourth-order valence-electron chi connectivity index (χ4n) is 4.49. The number of alkyl carbamates (subject to hydrolysis) is 1. The summed E-state index contributed by atoms with van der Waals surface area (Å²) in [4.78, 5) is 23.2. The van der Waals surface area contributed by atoms with Gasteiger partial charge in [-0.3, -0.25) is 4.79 Å². The van der Waals surface area contributed by atoms with Gasteiger partial charge in [0, 0.05) is 12.5 Å². The van der Waals surface area contributed by atoms with Crippen LogP contribution in [0.25, 0.3) is 11.1 Å². The third-order valence-corrected chi connectivity index (χ3v) is 6.07. The number of carboxylic acid groups (broad SMARTS) is 1. The topological polar surface area (TPSA) is 75.6 Å². The van der Waals surface area contributed by atoms with Gasteiger partial charge in [-0.15, -0.1) is 0 Å². The van der Waals surface area contributed by atoms with E-state index in [4.69, 9.17) is 9.84 Å². The number of hydrogen-bond acceptors (Lipinski definition) is 3. The van der Waals surface area contributed by atoms with E-state index in [1.807, 2.05) is 24.3 Å². The Morgan fingerprint density at radius 3 is 2.07 bits per heavy atom. The highest BCUT2D eigenvalue weighted by atomic mass is 16.5. The monoisotopic (exact) mass is 379 g/mol. The molecule has 1 fully saturated rings. The Hall–Kier alpha value is -2.82. The molecule has 2 aliphatic carbocycles. The molecule has 2 aliphatic rings. The largest absolute Gasteiger partial charge is 0.481 e. The van der Waals surface area contributed by atoms with E-state index in [2.05, 4.69) is 29.6 Å². The van der Waals surface area contributed by atoms with Gasteiger partial charge >= 0.3 is 12.1 Å². The maximum atomic E-state index is 12.2. The van der Waals surface area contributed by atoms with Crippen LogP contribution >= 0.6 is 0 Å². The smallest absolute Gasteiger partial charge is 0.407 e. The Kier molecular flexibility index (Phi) is 5.33. The average molecular weight is 379 g/mol. The van der Waals surface area contributed by atoms with E-state index in [-0.39, 0.29) is 11.8 Å². The number of fused-ring (bicyclic) bond motifs is 3.